The highest BCUT2D eigenvalue weighted by Crippen LogP contribution is 2.30. The van der Waals surface area contributed by atoms with Crippen molar-refractivity contribution in [1.82, 2.24) is 4.57 Å². The molecule has 3 aromatic rings. The molecule has 0 aliphatic rings. The Morgan fingerprint density at radius 2 is 1.28 bits per heavy atom. The maximum Gasteiger partial charge on any atom is 0.0491 e. The predicted molar refractivity (Wildman–Crippen MR) is 129 cm³/mol. The second-order valence-electron chi connectivity index (χ2n) is 8.39. The van der Waals surface area contributed by atoms with E-state index in [9.17, 15) is 0 Å². The summed E-state index contributed by atoms with van der Waals surface area (Å²) >= 11 is 0. The molecule has 2 unspecified atom stereocenters. The number of hydrogen-bond acceptors (Lipinski definition) is 0. The van der Waals surface area contributed by atoms with Crippen LogP contribution in [0.3, 0.4) is 0 Å². The van der Waals surface area contributed by atoms with Crippen LogP contribution in [0, 0.1) is 11.8 Å². The van der Waals surface area contributed by atoms with Crippen LogP contribution in [-0.2, 0) is 6.54 Å². The van der Waals surface area contributed by atoms with Gasteiger partial charge in [0, 0.05) is 28.4 Å². The van der Waals surface area contributed by atoms with Crippen molar-refractivity contribution in [3.05, 3.63) is 73.8 Å². The van der Waals surface area contributed by atoms with E-state index in [1.54, 1.807) is 0 Å². The molecule has 1 heterocycles. The molecule has 154 valence electrons. The summed E-state index contributed by atoms with van der Waals surface area (Å²) in [5.74, 6) is 1.22. The summed E-state index contributed by atoms with van der Waals surface area (Å²) in [7, 11) is 0. The summed E-state index contributed by atoms with van der Waals surface area (Å²) in [5.41, 5.74) is 2.69. The average Bonchev–Trinajstić information content (AvgIpc) is 3.09. The van der Waals surface area contributed by atoms with Crippen LogP contribution in [0.1, 0.15) is 58.3 Å². The van der Waals surface area contributed by atoms with E-state index in [-0.39, 0.29) is 0 Å². The predicted octanol–water partition coefficient (Wildman–Crippen LogP) is 8.54. The van der Waals surface area contributed by atoms with E-state index >= 15 is 0 Å². The monoisotopic (exact) mass is 387 g/mol. The second kappa shape index (κ2) is 11.0. The van der Waals surface area contributed by atoms with Crippen LogP contribution in [0.5, 0.6) is 0 Å². The molecule has 0 aliphatic heterocycles. The summed E-state index contributed by atoms with van der Waals surface area (Å²) in [6.07, 6.45) is 14.6. The highest BCUT2D eigenvalue weighted by Gasteiger charge is 2.13. The number of nitrogens with zero attached hydrogens (tertiary/aromatic N) is 1. The maximum atomic E-state index is 4.14. The molecule has 0 fully saturated rings. The molecule has 3 rings (SSSR count). The van der Waals surface area contributed by atoms with Gasteiger partial charge in [-0.2, -0.15) is 0 Å². The third kappa shape index (κ3) is 5.41. The fourth-order valence-electron chi connectivity index (χ4n) is 4.56. The molecule has 2 atom stereocenters. The van der Waals surface area contributed by atoms with Crippen molar-refractivity contribution in [3.63, 3.8) is 0 Å². The van der Waals surface area contributed by atoms with Crippen molar-refractivity contribution in [3.8, 4) is 0 Å². The molecular weight excluding hydrogens is 350 g/mol. The number of allylic oxidation sites excluding steroid dienone is 2. The number of para-hydroxylation sites is 2. The minimum atomic E-state index is 0.563. The van der Waals surface area contributed by atoms with Crippen molar-refractivity contribution >= 4 is 21.8 Å². The van der Waals surface area contributed by atoms with Gasteiger partial charge < -0.3 is 4.57 Å². The van der Waals surface area contributed by atoms with Crippen molar-refractivity contribution in [2.24, 2.45) is 11.8 Å². The van der Waals surface area contributed by atoms with E-state index in [0.29, 0.717) is 11.8 Å². The van der Waals surface area contributed by atoms with E-state index in [4.69, 9.17) is 0 Å². The number of benzene rings is 2. The van der Waals surface area contributed by atoms with Gasteiger partial charge in [0.25, 0.3) is 0 Å². The SMILES string of the molecule is C=CC(CCCCCC)CCC(C=C)CCn1c2ccccc2c2ccccc21. The van der Waals surface area contributed by atoms with Gasteiger partial charge in [0.05, 0.1) is 0 Å². The minimum Gasteiger partial charge on any atom is -0.340 e. The van der Waals surface area contributed by atoms with Gasteiger partial charge in [0.1, 0.15) is 0 Å². The largest absolute Gasteiger partial charge is 0.340 e. The lowest BCUT2D eigenvalue weighted by Gasteiger charge is -2.18. The molecule has 0 spiro atoms. The molecule has 0 amide bonds. The van der Waals surface area contributed by atoms with Crippen LogP contribution in [0.25, 0.3) is 21.8 Å². The second-order valence-corrected chi connectivity index (χ2v) is 8.39. The number of fused-ring (bicyclic) bond motifs is 3. The molecule has 0 bridgehead atoms. The van der Waals surface area contributed by atoms with E-state index < -0.39 is 0 Å². The average molecular weight is 388 g/mol. The fraction of sp³-hybridized carbons (Fsp3) is 0.429. The Labute approximate surface area is 177 Å². The molecule has 0 N–H and O–H groups in total. The van der Waals surface area contributed by atoms with E-state index in [0.717, 1.165) is 13.0 Å². The first-order valence-corrected chi connectivity index (χ1v) is 11.5. The smallest absolute Gasteiger partial charge is 0.0491 e. The fourth-order valence-corrected chi connectivity index (χ4v) is 4.56. The maximum absolute atomic E-state index is 4.14. The van der Waals surface area contributed by atoms with Crippen LogP contribution in [0.15, 0.2) is 73.8 Å². The first kappa shape index (κ1) is 21.4. The summed E-state index contributed by atoms with van der Waals surface area (Å²) in [6.45, 7) is 11.5. The Morgan fingerprint density at radius 1 is 0.724 bits per heavy atom. The van der Waals surface area contributed by atoms with Gasteiger partial charge >= 0.3 is 0 Å². The van der Waals surface area contributed by atoms with Crippen molar-refractivity contribution in [2.45, 2.75) is 64.8 Å². The first-order valence-electron chi connectivity index (χ1n) is 11.5. The van der Waals surface area contributed by atoms with Crippen LogP contribution >= 0.6 is 0 Å². The van der Waals surface area contributed by atoms with Crippen molar-refractivity contribution in [1.29, 1.82) is 0 Å². The first-order chi connectivity index (χ1) is 14.3. The summed E-state index contributed by atoms with van der Waals surface area (Å²) in [4.78, 5) is 0. The van der Waals surface area contributed by atoms with Crippen LogP contribution in [-0.4, -0.2) is 4.57 Å². The molecule has 1 aromatic heterocycles. The lowest BCUT2D eigenvalue weighted by Crippen LogP contribution is -2.07. The Bertz CT molecular complexity index is 863. The molecule has 0 aliphatic carbocycles. The van der Waals surface area contributed by atoms with Crippen molar-refractivity contribution < 1.29 is 0 Å². The molecule has 1 nitrogen and oxygen atoms in total. The highest BCUT2D eigenvalue weighted by molar-refractivity contribution is 6.07. The van der Waals surface area contributed by atoms with Gasteiger partial charge in [-0.05, 0) is 49.7 Å². The topological polar surface area (TPSA) is 4.93 Å². The summed E-state index contributed by atoms with van der Waals surface area (Å²) < 4.78 is 2.50. The number of aryl methyl sites for hydroxylation is 1. The van der Waals surface area contributed by atoms with Gasteiger partial charge in [-0.1, -0.05) is 81.2 Å². The van der Waals surface area contributed by atoms with Crippen LogP contribution in [0.4, 0.5) is 0 Å². The highest BCUT2D eigenvalue weighted by atomic mass is 15.0. The lowest BCUT2D eigenvalue weighted by atomic mass is 9.90. The van der Waals surface area contributed by atoms with Gasteiger partial charge in [0.2, 0.25) is 0 Å². The van der Waals surface area contributed by atoms with E-state index in [2.05, 4.69) is 85.3 Å². The number of hydrogen-bond donors (Lipinski definition) is 0. The van der Waals surface area contributed by atoms with Gasteiger partial charge in [-0.25, -0.2) is 0 Å². The Morgan fingerprint density at radius 3 is 1.83 bits per heavy atom. The molecular formula is C28H37N. The number of aromatic nitrogens is 1. The molecule has 1 heteroatoms. The summed E-state index contributed by atoms with van der Waals surface area (Å²) in [6, 6.07) is 17.6. The lowest BCUT2D eigenvalue weighted by molar-refractivity contribution is 0.423. The molecule has 2 aromatic carbocycles. The zero-order chi connectivity index (χ0) is 20.5. The standard InChI is InChI=1S/C28H37N/c1-4-7-8-9-14-23(5-2)19-20-24(6-3)21-22-29-27-17-12-10-15-25(27)26-16-11-13-18-28(26)29/h5-6,10-13,15-18,23-24H,2-4,7-9,14,19-22H2,1H3. The Balaban J connectivity index is 1.62. The molecule has 0 saturated heterocycles. The Kier molecular flexibility index (Phi) is 8.16. The molecule has 0 radical (unpaired) electrons. The van der Waals surface area contributed by atoms with Gasteiger partial charge in [0.15, 0.2) is 0 Å². The number of unbranched alkanes of at least 4 members (excludes halogenated alkanes) is 3. The zero-order valence-electron chi connectivity index (χ0n) is 18.2. The van der Waals surface area contributed by atoms with Crippen molar-refractivity contribution in [2.75, 3.05) is 0 Å². The van der Waals surface area contributed by atoms with Gasteiger partial charge in [-0.15, -0.1) is 13.2 Å². The van der Waals surface area contributed by atoms with E-state index in [1.165, 1.54) is 66.8 Å². The minimum absolute atomic E-state index is 0.563. The van der Waals surface area contributed by atoms with E-state index in [1.807, 2.05) is 0 Å². The third-order valence-electron chi connectivity index (χ3n) is 6.41. The van der Waals surface area contributed by atoms with Crippen LogP contribution < -0.4 is 0 Å². The zero-order valence-corrected chi connectivity index (χ0v) is 18.2. The normalized spacial score (nSPS) is 13.6. The quantitative estimate of drug-likeness (QED) is 0.204. The third-order valence-corrected chi connectivity index (χ3v) is 6.41. The molecule has 29 heavy (non-hydrogen) atoms. The Hall–Kier alpha value is -2.28. The van der Waals surface area contributed by atoms with Crippen LogP contribution in [0.2, 0.25) is 0 Å². The molecule has 0 saturated carbocycles. The number of rotatable bonds is 13. The summed E-state index contributed by atoms with van der Waals surface area (Å²) in [5, 5.41) is 2.72. The van der Waals surface area contributed by atoms with Gasteiger partial charge in [-0.3, -0.25) is 0 Å².